The number of hydrogen-bond acceptors (Lipinski definition) is 7. The van der Waals surface area contributed by atoms with Crippen molar-refractivity contribution < 1.29 is 9.53 Å². The number of aromatic nitrogens is 2. The lowest BCUT2D eigenvalue weighted by atomic mass is 9.89. The van der Waals surface area contributed by atoms with Gasteiger partial charge in [0.15, 0.2) is 0 Å². The molecule has 1 aliphatic carbocycles. The maximum atomic E-state index is 11.9. The molecule has 1 unspecified atom stereocenters. The van der Waals surface area contributed by atoms with Gasteiger partial charge < -0.3 is 15.0 Å². The second kappa shape index (κ2) is 9.74. The highest BCUT2D eigenvalue weighted by Gasteiger charge is 2.27. The molecule has 7 heteroatoms. The standard InChI is InChI=1S/C21H32N4O2S/c1-14-5-6-15(12-19(26)27-4)11-18-20(22-13-23-21(18)28-14)24-16-7-9-17(10-8-16)25(2)3/h13,15-17H,1,5-12H2,2-4H3,(H,22,23,24)/t15?,16-,17-. The van der Waals surface area contributed by atoms with Crippen LogP contribution < -0.4 is 5.32 Å². The minimum absolute atomic E-state index is 0.154. The van der Waals surface area contributed by atoms with Crippen LogP contribution in [0.15, 0.2) is 22.8 Å². The number of carbonyl (C=O) groups is 1. The van der Waals surface area contributed by atoms with Crippen molar-refractivity contribution in [3.63, 3.8) is 0 Å². The van der Waals surface area contributed by atoms with Crippen molar-refractivity contribution >= 4 is 23.5 Å². The summed E-state index contributed by atoms with van der Waals surface area (Å²) < 4.78 is 4.90. The number of rotatable bonds is 5. The van der Waals surface area contributed by atoms with Crippen molar-refractivity contribution in [1.82, 2.24) is 14.9 Å². The fourth-order valence-corrected chi connectivity index (χ4v) is 5.06. The van der Waals surface area contributed by atoms with E-state index in [0.717, 1.165) is 53.4 Å². The molecule has 2 aliphatic rings. The summed E-state index contributed by atoms with van der Waals surface area (Å²) in [6, 6.07) is 1.11. The fourth-order valence-electron chi connectivity index (χ4n) is 4.16. The number of nitrogens with one attached hydrogen (secondary N) is 1. The van der Waals surface area contributed by atoms with Crippen LogP contribution in [-0.4, -0.2) is 54.1 Å². The van der Waals surface area contributed by atoms with Crippen molar-refractivity contribution in [3.05, 3.63) is 23.4 Å². The van der Waals surface area contributed by atoms with Gasteiger partial charge in [-0.05, 0) is 69.9 Å². The number of thioether (sulfide) groups is 1. The van der Waals surface area contributed by atoms with Crippen molar-refractivity contribution in [2.45, 2.75) is 68.5 Å². The molecule has 1 aromatic heterocycles. The monoisotopic (exact) mass is 404 g/mol. The zero-order valence-electron chi connectivity index (χ0n) is 17.2. The average molecular weight is 405 g/mol. The summed E-state index contributed by atoms with van der Waals surface area (Å²) in [6.45, 7) is 4.18. The van der Waals surface area contributed by atoms with Crippen LogP contribution in [0.5, 0.6) is 0 Å². The second-order valence-electron chi connectivity index (χ2n) is 8.15. The molecule has 0 aromatic carbocycles. The van der Waals surface area contributed by atoms with Gasteiger partial charge in [0, 0.05) is 24.1 Å². The molecule has 28 heavy (non-hydrogen) atoms. The van der Waals surface area contributed by atoms with Crippen LogP contribution in [0.3, 0.4) is 0 Å². The summed E-state index contributed by atoms with van der Waals surface area (Å²) in [4.78, 5) is 24.4. The molecule has 3 rings (SSSR count). The van der Waals surface area contributed by atoms with Gasteiger partial charge in [0.2, 0.25) is 0 Å². The molecule has 0 bridgehead atoms. The van der Waals surface area contributed by atoms with E-state index in [4.69, 9.17) is 4.74 Å². The lowest BCUT2D eigenvalue weighted by Gasteiger charge is -2.33. The molecule has 1 fully saturated rings. The van der Waals surface area contributed by atoms with Gasteiger partial charge in [-0.15, -0.1) is 0 Å². The van der Waals surface area contributed by atoms with E-state index >= 15 is 0 Å². The Morgan fingerprint density at radius 2 is 2.04 bits per heavy atom. The number of ether oxygens (including phenoxy) is 1. The summed E-state index contributed by atoms with van der Waals surface area (Å²) >= 11 is 1.64. The second-order valence-corrected chi connectivity index (χ2v) is 9.32. The number of esters is 1. The summed E-state index contributed by atoms with van der Waals surface area (Å²) in [7, 11) is 5.78. The molecular formula is C21H32N4O2S. The SMILES string of the molecule is C=C1CCC(CC(=O)OC)Cc2c(N[C@H]3CC[C@H](N(C)C)CC3)ncnc2S1. The van der Waals surface area contributed by atoms with Gasteiger partial charge in [-0.25, -0.2) is 9.97 Å². The predicted octanol–water partition coefficient (Wildman–Crippen LogP) is 3.88. The number of methoxy groups -OCH3 is 1. The van der Waals surface area contributed by atoms with Crippen molar-refractivity contribution in [1.29, 1.82) is 0 Å². The van der Waals surface area contributed by atoms with E-state index in [0.29, 0.717) is 18.5 Å². The Morgan fingerprint density at radius 3 is 2.71 bits per heavy atom. The molecule has 6 nitrogen and oxygen atoms in total. The first-order valence-electron chi connectivity index (χ1n) is 10.2. The van der Waals surface area contributed by atoms with Gasteiger partial charge in [-0.1, -0.05) is 18.3 Å². The fraction of sp³-hybridized carbons (Fsp3) is 0.667. The third-order valence-electron chi connectivity index (χ3n) is 5.92. The first-order valence-corrected chi connectivity index (χ1v) is 11.0. The molecule has 1 aromatic rings. The lowest BCUT2D eigenvalue weighted by Crippen LogP contribution is -2.36. The molecule has 1 atom stereocenters. The van der Waals surface area contributed by atoms with Crippen LogP contribution in [0.25, 0.3) is 0 Å². The summed E-state index contributed by atoms with van der Waals surface area (Å²) in [5.41, 5.74) is 1.12. The Bertz CT molecular complexity index is 702. The minimum Gasteiger partial charge on any atom is -0.469 e. The van der Waals surface area contributed by atoms with Crippen LogP contribution in [0, 0.1) is 5.92 Å². The molecule has 0 radical (unpaired) electrons. The normalized spacial score (nSPS) is 25.6. The zero-order valence-corrected chi connectivity index (χ0v) is 18.1. The summed E-state index contributed by atoms with van der Waals surface area (Å²) in [6.07, 6.45) is 9.39. The van der Waals surface area contributed by atoms with E-state index in [9.17, 15) is 4.79 Å². The zero-order chi connectivity index (χ0) is 20.1. The Balaban J connectivity index is 1.76. The third kappa shape index (κ3) is 5.47. The van der Waals surface area contributed by atoms with Gasteiger partial charge in [-0.2, -0.15) is 0 Å². The Labute approximate surface area is 172 Å². The highest BCUT2D eigenvalue weighted by Crippen LogP contribution is 2.39. The maximum Gasteiger partial charge on any atom is 0.305 e. The maximum absolute atomic E-state index is 11.9. The van der Waals surface area contributed by atoms with Crippen LogP contribution in [0.1, 0.15) is 50.5 Å². The van der Waals surface area contributed by atoms with Crippen molar-refractivity contribution in [2.24, 2.45) is 5.92 Å². The highest BCUT2D eigenvalue weighted by atomic mass is 32.2. The first kappa shape index (κ1) is 21.1. The van der Waals surface area contributed by atoms with E-state index in [1.807, 2.05) is 0 Å². The van der Waals surface area contributed by atoms with Crippen LogP contribution in [0.2, 0.25) is 0 Å². The first-order chi connectivity index (χ1) is 13.5. The van der Waals surface area contributed by atoms with Crippen LogP contribution in [0.4, 0.5) is 5.82 Å². The number of nitrogens with zero attached hydrogens (tertiary/aromatic N) is 3. The third-order valence-corrected chi connectivity index (χ3v) is 6.96. The van der Waals surface area contributed by atoms with Gasteiger partial charge in [-0.3, -0.25) is 4.79 Å². The molecule has 0 saturated heterocycles. The van der Waals surface area contributed by atoms with Crippen molar-refractivity contribution in [2.75, 3.05) is 26.5 Å². The molecule has 1 aliphatic heterocycles. The molecule has 0 spiro atoms. The Hall–Kier alpha value is -1.60. The number of carbonyl (C=O) groups excluding carboxylic acids is 1. The summed E-state index contributed by atoms with van der Waals surface area (Å²) in [5.74, 6) is 0.994. The Morgan fingerprint density at radius 1 is 1.29 bits per heavy atom. The van der Waals surface area contributed by atoms with E-state index in [1.54, 1.807) is 18.1 Å². The number of allylic oxidation sites excluding steroid dienone is 1. The number of fused-ring (bicyclic) bond motifs is 1. The molecule has 0 amide bonds. The van der Waals surface area contributed by atoms with Gasteiger partial charge in [0.25, 0.3) is 0 Å². The van der Waals surface area contributed by atoms with Gasteiger partial charge in [0.05, 0.1) is 7.11 Å². The van der Waals surface area contributed by atoms with E-state index in [-0.39, 0.29) is 11.9 Å². The van der Waals surface area contributed by atoms with Gasteiger partial charge in [0.1, 0.15) is 17.2 Å². The van der Waals surface area contributed by atoms with Crippen molar-refractivity contribution in [3.8, 4) is 0 Å². The van der Waals surface area contributed by atoms with E-state index in [1.165, 1.54) is 20.0 Å². The van der Waals surface area contributed by atoms with Crippen LogP contribution >= 0.6 is 11.8 Å². The van der Waals surface area contributed by atoms with Crippen LogP contribution in [-0.2, 0) is 16.0 Å². The van der Waals surface area contributed by atoms with E-state index in [2.05, 4.69) is 40.9 Å². The Kier molecular flexibility index (Phi) is 7.35. The lowest BCUT2D eigenvalue weighted by molar-refractivity contribution is -0.141. The molecule has 1 N–H and O–H groups in total. The number of anilines is 1. The van der Waals surface area contributed by atoms with E-state index < -0.39 is 0 Å². The molecule has 154 valence electrons. The quantitative estimate of drug-likeness (QED) is 0.590. The topological polar surface area (TPSA) is 67.3 Å². The van der Waals surface area contributed by atoms with Gasteiger partial charge >= 0.3 is 5.97 Å². The highest BCUT2D eigenvalue weighted by molar-refractivity contribution is 8.03. The summed E-state index contributed by atoms with van der Waals surface area (Å²) in [5, 5.41) is 4.66. The molecule has 1 saturated carbocycles. The molecule has 2 heterocycles. The number of hydrogen-bond donors (Lipinski definition) is 1. The molecular weight excluding hydrogens is 372 g/mol. The smallest absolute Gasteiger partial charge is 0.305 e. The largest absolute Gasteiger partial charge is 0.469 e. The minimum atomic E-state index is -0.154. The average Bonchev–Trinajstić information content (AvgIpc) is 2.67. The predicted molar refractivity (Wildman–Crippen MR) is 113 cm³/mol.